The first kappa shape index (κ1) is 13.9. The van der Waals surface area contributed by atoms with E-state index in [1.165, 1.54) is 51.7 Å². The molecule has 3 rings (SSSR count). The Bertz CT molecular complexity index is 333. The summed E-state index contributed by atoms with van der Waals surface area (Å²) in [6, 6.07) is 0.742. The van der Waals surface area contributed by atoms with Gasteiger partial charge < -0.3 is 10.2 Å². The summed E-state index contributed by atoms with van der Waals surface area (Å²) in [7, 11) is 2.27. The van der Waals surface area contributed by atoms with Gasteiger partial charge in [0.1, 0.15) is 0 Å². The Balaban J connectivity index is 1.60. The topological polar surface area (TPSA) is 15.3 Å². The lowest BCUT2D eigenvalue weighted by molar-refractivity contribution is 0.0982. The fourth-order valence-corrected chi connectivity index (χ4v) is 5.54. The van der Waals surface area contributed by atoms with Crippen molar-refractivity contribution in [1.82, 2.24) is 10.2 Å². The molecule has 0 spiro atoms. The fraction of sp³-hybridized carbons (Fsp3) is 1.00. The number of hydrogen-bond donors (Lipinski definition) is 1. The molecule has 1 saturated heterocycles. The highest BCUT2D eigenvalue weighted by molar-refractivity contribution is 5.12. The van der Waals surface area contributed by atoms with Gasteiger partial charge in [-0.25, -0.2) is 0 Å². The molecule has 1 aliphatic heterocycles. The number of fused-ring (bicyclic) bond motifs is 2. The van der Waals surface area contributed by atoms with Crippen molar-refractivity contribution in [2.75, 3.05) is 26.7 Å². The van der Waals surface area contributed by atoms with Gasteiger partial charge in [0.2, 0.25) is 0 Å². The van der Waals surface area contributed by atoms with Gasteiger partial charge in [-0.05, 0) is 74.9 Å². The average molecular weight is 264 g/mol. The minimum Gasteiger partial charge on any atom is -0.313 e. The first-order chi connectivity index (χ1) is 8.92. The van der Waals surface area contributed by atoms with Gasteiger partial charge in [0.05, 0.1) is 0 Å². The van der Waals surface area contributed by atoms with Crippen molar-refractivity contribution in [3.8, 4) is 0 Å². The standard InChI is InChI=1S/C17H32N2/c1-16(2)14-7-8-17(3,10-14)15(16)18-11-13-6-5-9-19(4)12-13/h13-15,18H,5-12H2,1-4H3/t13?,14-,15?,17+/m0/s1. The number of hydrogen-bond acceptors (Lipinski definition) is 2. The molecule has 2 bridgehead atoms. The molecule has 0 radical (unpaired) electrons. The lowest BCUT2D eigenvalue weighted by atomic mass is 9.68. The maximum absolute atomic E-state index is 4.01. The predicted molar refractivity (Wildman–Crippen MR) is 81.2 cm³/mol. The van der Waals surface area contributed by atoms with E-state index < -0.39 is 0 Å². The number of likely N-dealkylation sites (tertiary alicyclic amines) is 1. The van der Waals surface area contributed by atoms with Gasteiger partial charge in [0.15, 0.2) is 0 Å². The molecule has 2 aliphatic carbocycles. The van der Waals surface area contributed by atoms with E-state index in [-0.39, 0.29) is 0 Å². The molecule has 3 fully saturated rings. The van der Waals surface area contributed by atoms with Crippen LogP contribution in [0.1, 0.15) is 52.9 Å². The van der Waals surface area contributed by atoms with E-state index in [9.17, 15) is 0 Å². The van der Waals surface area contributed by atoms with Gasteiger partial charge in [0, 0.05) is 12.6 Å². The zero-order chi connectivity index (χ0) is 13.7. The minimum atomic E-state index is 0.508. The lowest BCUT2D eigenvalue weighted by Gasteiger charge is -2.44. The van der Waals surface area contributed by atoms with Crippen LogP contribution in [0.4, 0.5) is 0 Å². The summed E-state index contributed by atoms with van der Waals surface area (Å²) < 4.78 is 0. The van der Waals surface area contributed by atoms with Gasteiger partial charge >= 0.3 is 0 Å². The molecule has 3 aliphatic rings. The summed E-state index contributed by atoms with van der Waals surface area (Å²) in [6.45, 7) is 11.4. The Morgan fingerprint density at radius 2 is 2.00 bits per heavy atom. The van der Waals surface area contributed by atoms with Gasteiger partial charge in [-0.1, -0.05) is 20.8 Å². The van der Waals surface area contributed by atoms with Gasteiger partial charge in [-0.2, -0.15) is 0 Å². The van der Waals surface area contributed by atoms with Crippen LogP contribution >= 0.6 is 0 Å². The third-order valence-electron chi connectivity index (χ3n) is 6.60. The highest BCUT2D eigenvalue weighted by atomic mass is 15.1. The summed E-state index contributed by atoms with van der Waals surface area (Å²) in [4.78, 5) is 2.50. The summed E-state index contributed by atoms with van der Waals surface area (Å²) in [5, 5.41) is 4.01. The summed E-state index contributed by atoms with van der Waals surface area (Å²) in [6.07, 6.45) is 7.18. The van der Waals surface area contributed by atoms with Crippen molar-refractivity contribution in [1.29, 1.82) is 0 Å². The van der Waals surface area contributed by atoms with E-state index in [0.29, 0.717) is 10.8 Å². The third-order valence-corrected chi connectivity index (χ3v) is 6.60. The molecule has 110 valence electrons. The van der Waals surface area contributed by atoms with Gasteiger partial charge in [0.25, 0.3) is 0 Å². The molecule has 2 heteroatoms. The molecule has 2 nitrogen and oxygen atoms in total. The number of piperidine rings is 1. The maximum atomic E-state index is 4.01. The molecule has 0 aromatic carbocycles. The molecular formula is C17H32N2. The predicted octanol–water partition coefficient (Wildman–Crippen LogP) is 3.13. The zero-order valence-corrected chi connectivity index (χ0v) is 13.3. The summed E-state index contributed by atoms with van der Waals surface area (Å²) >= 11 is 0. The second kappa shape index (κ2) is 4.73. The second-order valence-corrected chi connectivity index (χ2v) is 8.53. The molecule has 4 atom stereocenters. The van der Waals surface area contributed by atoms with Crippen molar-refractivity contribution >= 4 is 0 Å². The molecule has 0 aromatic rings. The van der Waals surface area contributed by atoms with Crippen molar-refractivity contribution in [3.05, 3.63) is 0 Å². The molecule has 1 N–H and O–H groups in total. The SMILES string of the molecule is CN1CCCC(CNC2C(C)(C)[C@H]3CC[C@]2(C)C3)C1. The molecule has 0 aromatic heterocycles. The van der Waals surface area contributed by atoms with Crippen LogP contribution < -0.4 is 5.32 Å². The molecule has 2 unspecified atom stereocenters. The first-order valence-electron chi connectivity index (χ1n) is 8.34. The van der Waals surface area contributed by atoms with E-state index >= 15 is 0 Å². The van der Waals surface area contributed by atoms with Crippen molar-refractivity contribution in [2.24, 2.45) is 22.7 Å². The zero-order valence-electron chi connectivity index (χ0n) is 13.3. The van der Waals surface area contributed by atoms with Crippen LogP contribution in [0.15, 0.2) is 0 Å². The van der Waals surface area contributed by atoms with Crippen LogP contribution in [0.25, 0.3) is 0 Å². The Labute approximate surface area is 119 Å². The number of nitrogens with zero attached hydrogens (tertiary/aromatic N) is 1. The van der Waals surface area contributed by atoms with Crippen molar-refractivity contribution < 1.29 is 0 Å². The normalized spacial score (nSPS) is 45.8. The highest BCUT2D eigenvalue weighted by Crippen LogP contribution is 2.62. The lowest BCUT2D eigenvalue weighted by Crippen LogP contribution is -2.52. The van der Waals surface area contributed by atoms with E-state index in [4.69, 9.17) is 0 Å². The quantitative estimate of drug-likeness (QED) is 0.842. The number of rotatable bonds is 3. The van der Waals surface area contributed by atoms with Crippen LogP contribution in [-0.2, 0) is 0 Å². The van der Waals surface area contributed by atoms with Crippen LogP contribution in [0.5, 0.6) is 0 Å². The van der Waals surface area contributed by atoms with Crippen LogP contribution in [0, 0.1) is 22.7 Å². The molecule has 2 saturated carbocycles. The Hall–Kier alpha value is -0.0800. The molecular weight excluding hydrogens is 232 g/mol. The van der Waals surface area contributed by atoms with E-state index in [2.05, 4.69) is 38.0 Å². The summed E-state index contributed by atoms with van der Waals surface area (Å²) in [5.41, 5.74) is 1.09. The van der Waals surface area contributed by atoms with Crippen LogP contribution in [-0.4, -0.2) is 37.6 Å². The highest BCUT2D eigenvalue weighted by Gasteiger charge is 2.58. The van der Waals surface area contributed by atoms with Crippen molar-refractivity contribution in [2.45, 2.75) is 58.9 Å². The minimum absolute atomic E-state index is 0.508. The average Bonchev–Trinajstić information content (AvgIpc) is 2.80. The van der Waals surface area contributed by atoms with Crippen LogP contribution in [0.3, 0.4) is 0 Å². The molecule has 0 amide bonds. The Morgan fingerprint density at radius 3 is 2.63 bits per heavy atom. The summed E-state index contributed by atoms with van der Waals surface area (Å²) in [5.74, 6) is 1.83. The molecule has 1 heterocycles. The number of nitrogens with one attached hydrogen (secondary N) is 1. The fourth-order valence-electron chi connectivity index (χ4n) is 5.54. The molecule has 19 heavy (non-hydrogen) atoms. The largest absolute Gasteiger partial charge is 0.313 e. The smallest absolute Gasteiger partial charge is 0.0175 e. The third kappa shape index (κ3) is 2.35. The second-order valence-electron chi connectivity index (χ2n) is 8.53. The van der Waals surface area contributed by atoms with Crippen molar-refractivity contribution in [3.63, 3.8) is 0 Å². The van der Waals surface area contributed by atoms with Gasteiger partial charge in [-0.3, -0.25) is 0 Å². The van der Waals surface area contributed by atoms with E-state index in [0.717, 1.165) is 17.9 Å². The Kier molecular flexibility index (Phi) is 3.46. The monoisotopic (exact) mass is 264 g/mol. The van der Waals surface area contributed by atoms with E-state index in [1.807, 2.05) is 0 Å². The Morgan fingerprint density at radius 1 is 1.21 bits per heavy atom. The van der Waals surface area contributed by atoms with E-state index in [1.54, 1.807) is 0 Å². The van der Waals surface area contributed by atoms with Crippen LogP contribution in [0.2, 0.25) is 0 Å². The maximum Gasteiger partial charge on any atom is 0.0175 e. The van der Waals surface area contributed by atoms with Gasteiger partial charge in [-0.15, -0.1) is 0 Å². The first-order valence-corrected chi connectivity index (χ1v) is 8.34.